The quantitative estimate of drug-likeness (QED) is 0.827. The number of nitrogens with one attached hydrogen (secondary N) is 2. The van der Waals surface area contributed by atoms with Gasteiger partial charge >= 0.3 is 0 Å². The number of amides is 1. The predicted molar refractivity (Wildman–Crippen MR) is 97.2 cm³/mol. The van der Waals surface area contributed by atoms with Gasteiger partial charge in [-0.1, -0.05) is 6.92 Å². The second-order valence-electron chi connectivity index (χ2n) is 6.63. The molecule has 0 aromatic carbocycles. The molecule has 1 aromatic rings. The van der Waals surface area contributed by atoms with E-state index in [0.29, 0.717) is 6.42 Å². The van der Waals surface area contributed by atoms with E-state index >= 15 is 0 Å². The molecule has 2 rings (SSSR count). The topological polar surface area (TPSA) is 41.1 Å². The summed E-state index contributed by atoms with van der Waals surface area (Å²) in [7, 11) is 0. The third kappa shape index (κ3) is 5.90. The summed E-state index contributed by atoms with van der Waals surface area (Å²) in [5.41, 5.74) is 1.69. The Kier molecular flexibility index (Phi) is 7.87. The van der Waals surface area contributed by atoms with Gasteiger partial charge in [-0.3, -0.25) is 4.79 Å². The lowest BCUT2D eigenvalue weighted by Crippen LogP contribution is -2.42. The molecule has 1 aromatic heterocycles. The van der Waals surface area contributed by atoms with Crippen LogP contribution >= 0.6 is 23.7 Å². The molecule has 126 valence electrons. The van der Waals surface area contributed by atoms with Crippen molar-refractivity contribution in [3.8, 4) is 0 Å². The van der Waals surface area contributed by atoms with Crippen LogP contribution in [0.4, 0.5) is 0 Å². The number of halogens is 1. The molecule has 3 nitrogen and oxygen atoms in total. The van der Waals surface area contributed by atoms with Gasteiger partial charge in [-0.05, 0) is 69.7 Å². The van der Waals surface area contributed by atoms with Gasteiger partial charge in [0.1, 0.15) is 0 Å². The van der Waals surface area contributed by atoms with Crippen molar-refractivity contribution in [3.05, 3.63) is 21.4 Å². The highest BCUT2D eigenvalue weighted by Gasteiger charge is 2.26. The summed E-state index contributed by atoms with van der Waals surface area (Å²) in [4.78, 5) is 14.7. The Bertz CT molecular complexity index is 481. The summed E-state index contributed by atoms with van der Waals surface area (Å²) in [6, 6.07) is 2.26. The zero-order chi connectivity index (χ0) is 15.3. The minimum absolute atomic E-state index is 0. The summed E-state index contributed by atoms with van der Waals surface area (Å²) < 4.78 is 0. The van der Waals surface area contributed by atoms with E-state index in [1.165, 1.54) is 15.3 Å². The lowest BCUT2D eigenvalue weighted by Gasteiger charge is -2.34. The van der Waals surface area contributed by atoms with Crippen LogP contribution in [0.2, 0.25) is 0 Å². The standard InChI is InChI=1S/C17H28N2OS.ClH/c1-13-11-15(14(2)21-13)5-4-6-16(20)19-12-17(3)7-9-18-10-8-17;/h11,18H,4-10,12H2,1-3H3,(H,19,20);1H. The largest absolute Gasteiger partial charge is 0.356 e. The first-order valence-corrected chi connectivity index (χ1v) is 8.83. The smallest absolute Gasteiger partial charge is 0.220 e. The van der Waals surface area contributed by atoms with Crippen LogP contribution in [0.5, 0.6) is 0 Å². The lowest BCUT2D eigenvalue weighted by molar-refractivity contribution is -0.121. The van der Waals surface area contributed by atoms with Gasteiger partial charge in [0.25, 0.3) is 0 Å². The van der Waals surface area contributed by atoms with Crippen LogP contribution in [0.1, 0.15) is 47.9 Å². The maximum atomic E-state index is 12.0. The number of thiophene rings is 1. The summed E-state index contributed by atoms with van der Waals surface area (Å²) in [6.07, 6.45) is 4.91. The van der Waals surface area contributed by atoms with Crippen molar-refractivity contribution < 1.29 is 4.79 Å². The molecule has 1 amide bonds. The van der Waals surface area contributed by atoms with Gasteiger partial charge in [0.05, 0.1) is 0 Å². The monoisotopic (exact) mass is 344 g/mol. The van der Waals surface area contributed by atoms with Crippen molar-refractivity contribution in [2.75, 3.05) is 19.6 Å². The molecular weight excluding hydrogens is 316 g/mol. The molecule has 2 heterocycles. The Labute approximate surface area is 144 Å². The Morgan fingerprint density at radius 3 is 2.64 bits per heavy atom. The third-order valence-electron chi connectivity index (χ3n) is 4.52. The zero-order valence-corrected chi connectivity index (χ0v) is 15.6. The van der Waals surface area contributed by atoms with Crippen LogP contribution in [0.25, 0.3) is 0 Å². The Balaban J connectivity index is 0.00000242. The van der Waals surface area contributed by atoms with Crippen molar-refractivity contribution in [1.29, 1.82) is 0 Å². The molecule has 5 heteroatoms. The van der Waals surface area contributed by atoms with E-state index in [-0.39, 0.29) is 23.7 Å². The molecule has 0 atom stereocenters. The fraction of sp³-hybridized carbons (Fsp3) is 0.706. The Hall–Kier alpha value is -0.580. The summed E-state index contributed by atoms with van der Waals surface area (Å²) in [6.45, 7) is 9.57. The first kappa shape index (κ1) is 19.5. The molecule has 0 spiro atoms. The average Bonchev–Trinajstić information content (AvgIpc) is 2.76. The highest BCUT2D eigenvalue weighted by Crippen LogP contribution is 2.26. The van der Waals surface area contributed by atoms with Crippen molar-refractivity contribution in [2.45, 2.75) is 52.9 Å². The number of carbonyl (C=O) groups is 1. The van der Waals surface area contributed by atoms with Gasteiger partial charge in [0.15, 0.2) is 0 Å². The number of carbonyl (C=O) groups excluding carboxylic acids is 1. The molecule has 0 radical (unpaired) electrons. The van der Waals surface area contributed by atoms with Gasteiger partial charge in [-0.2, -0.15) is 0 Å². The molecule has 22 heavy (non-hydrogen) atoms. The van der Waals surface area contributed by atoms with Crippen LogP contribution in [-0.2, 0) is 11.2 Å². The first-order valence-electron chi connectivity index (χ1n) is 8.02. The van der Waals surface area contributed by atoms with Crippen LogP contribution in [0, 0.1) is 19.3 Å². The molecule has 1 fully saturated rings. The van der Waals surface area contributed by atoms with E-state index in [1.807, 2.05) is 11.3 Å². The maximum absolute atomic E-state index is 12.0. The van der Waals surface area contributed by atoms with Crippen LogP contribution in [0.15, 0.2) is 6.07 Å². The molecule has 0 saturated carbocycles. The fourth-order valence-electron chi connectivity index (χ4n) is 2.98. The van der Waals surface area contributed by atoms with Crippen molar-refractivity contribution in [3.63, 3.8) is 0 Å². The Morgan fingerprint density at radius 2 is 2.05 bits per heavy atom. The Morgan fingerprint density at radius 1 is 1.36 bits per heavy atom. The zero-order valence-electron chi connectivity index (χ0n) is 14.0. The average molecular weight is 345 g/mol. The molecule has 1 aliphatic rings. The molecule has 0 bridgehead atoms. The summed E-state index contributed by atoms with van der Waals surface area (Å²) in [5.74, 6) is 0.208. The molecule has 0 unspecified atom stereocenters. The van der Waals surface area contributed by atoms with E-state index < -0.39 is 0 Å². The molecule has 1 saturated heterocycles. The minimum Gasteiger partial charge on any atom is -0.356 e. The van der Waals surface area contributed by atoms with E-state index in [2.05, 4.69) is 37.5 Å². The number of rotatable bonds is 6. The third-order valence-corrected chi connectivity index (χ3v) is 5.52. The number of hydrogen-bond donors (Lipinski definition) is 2. The molecular formula is C17H29ClN2OS. The highest BCUT2D eigenvalue weighted by atomic mass is 35.5. The fourth-order valence-corrected chi connectivity index (χ4v) is 3.95. The maximum Gasteiger partial charge on any atom is 0.220 e. The second-order valence-corrected chi connectivity index (χ2v) is 8.09. The van der Waals surface area contributed by atoms with Gasteiger partial charge in [0.2, 0.25) is 5.91 Å². The van der Waals surface area contributed by atoms with E-state index in [0.717, 1.165) is 45.3 Å². The van der Waals surface area contributed by atoms with Crippen molar-refractivity contribution in [1.82, 2.24) is 10.6 Å². The summed E-state index contributed by atoms with van der Waals surface area (Å²) >= 11 is 1.85. The SMILES string of the molecule is Cc1cc(CCCC(=O)NCC2(C)CCNCC2)c(C)s1.Cl. The van der Waals surface area contributed by atoms with Crippen LogP contribution < -0.4 is 10.6 Å². The van der Waals surface area contributed by atoms with Gasteiger partial charge in [-0.25, -0.2) is 0 Å². The van der Waals surface area contributed by atoms with Crippen molar-refractivity contribution in [2.24, 2.45) is 5.41 Å². The van der Waals surface area contributed by atoms with E-state index in [1.54, 1.807) is 0 Å². The molecule has 1 aliphatic heterocycles. The molecule has 2 N–H and O–H groups in total. The summed E-state index contributed by atoms with van der Waals surface area (Å²) in [5, 5.41) is 6.51. The van der Waals surface area contributed by atoms with E-state index in [9.17, 15) is 4.79 Å². The normalized spacial score (nSPS) is 16.9. The van der Waals surface area contributed by atoms with Crippen molar-refractivity contribution >= 4 is 29.7 Å². The highest BCUT2D eigenvalue weighted by molar-refractivity contribution is 7.12. The van der Waals surface area contributed by atoms with Crippen LogP contribution in [-0.4, -0.2) is 25.5 Å². The van der Waals surface area contributed by atoms with Gasteiger partial charge in [0, 0.05) is 22.7 Å². The van der Waals surface area contributed by atoms with Gasteiger partial charge in [-0.15, -0.1) is 23.7 Å². The second kappa shape index (κ2) is 8.90. The van der Waals surface area contributed by atoms with Gasteiger partial charge < -0.3 is 10.6 Å². The number of piperidine rings is 1. The first-order chi connectivity index (χ1) is 9.98. The number of hydrogen-bond acceptors (Lipinski definition) is 3. The lowest BCUT2D eigenvalue weighted by atomic mass is 9.81. The van der Waals surface area contributed by atoms with E-state index in [4.69, 9.17) is 0 Å². The minimum atomic E-state index is 0. The number of aryl methyl sites for hydroxylation is 3. The molecule has 0 aliphatic carbocycles. The van der Waals surface area contributed by atoms with Crippen LogP contribution in [0.3, 0.4) is 0 Å². The predicted octanol–water partition coefficient (Wildman–Crippen LogP) is 3.62.